The Morgan fingerprint density at radius 3 is 1.31 bits per heavy atom. The zero-order valence-corrected chi connectivity index (χ0v) is 39.6. The first kappa shape index (κ1) is 46.3. The second-order valence-corrected chi connectivity index (χ2v) is 21.6. The largest absolute Gasteiger partial charge is 0.346 e. The zero-order valence-electron chi connectivity index (χ0n) is 34.8. The van der Waals surface area contributed by atoms with E-state index in [1.54, 1.807) is 11.1 Å². The zero-order chi connectivity index (χ0) is 38.1. The van der Waals surface area contributed by atoms with Gasteiger partial charge in [0.25, 0.3) is 0 Å². The standard InChI is InChI=1S/C48H78Br2N2S2/c1-3-5-7-9-11-13-15-17-19-21-23-25-27-29-31-37-51-39-41-42(47(51)43-33-35-45(49)53-43)40-52(48(41)44-34-36-46(50)54-44)38-32-30-28-26-24-22-20-18-16-14-12-10-8-6-4-2/h33-36,39,48H,3-32,37-38,40H2,1-2H3. The van der Waals surface area contributed by atoms with Crippen molar-refractivity contribution < 1.29 is 0 Å². The molecule has 0 radical (unpaired) electrons. The molecule has 4 heterocycles. The third-order valence-electron chi connectivity index (χ3n) is 12.0. The van der Waals surface area contributed by atoms with Crippen LogP contribution < -0.4 is 0 Å². The van der Waals surface area contributed by atoms with Crippen molar-refractivity contribution in [3.05, 3.63) is 54.0 Å². The molecule has 0 saturated carbocycles. The molecule has 54 heavy (non-hydrogen) atoms. The number of fused-ring (bicyclic) bond motifs is 1. The number of unbranched alkanes of at least 4 members (excludes halogenated alkanes) is 28. The Labute approximate surface area is 358 Å². The third-order valence-corrected chi connectivity index (χ3v) is 15.3. The van der Waals surface area contributed by atoms with E-state index in [4.69, 9.17) is 0 Å². The van der Waals surface area contributed by atoms with E-state index in [1.807, 2.05) is 22.7 Å². The molecule has 306 valence electrons. The molecule has 0 amide bonds. The molecule has 3 aromatic rings. The van der Waals surface area contributed by atoms with E-state index >= 15 is 0 Å². The van der Waals surface area contributed by atoms with Crippen molar-refractivity contribution >= 4 is 54.5 Å². The van der Waals surface area contributed by atoms with Crippen molar-refractivity contribution in [1.82, 2.24) is 9.47 Å². The van der Waals surface area contributed by atoms with Gasteiger partial charge in [-0.3, -0.25) is 4.90 Å². The Bertz CT molecular complexity index is 1360. The summed E-state index contributed by atoms with van der Waals surface area (Å²) < 4.78 is 5.13. The highest BCUT2D eigenvalue weighted by Crippen LogP contribution is 2.48. The fraction of sp³-hybridized carbons (Fsp3) is 0.750. The maximum atomic E-state index is 3.80. The Kier molecular flexibility index (Phi) is 24.8. The molecule has 0 bridgehead atoms. The quantitative estimate of drug-likeness (QED) is 0.0542. The number of aromatic nitrogens is 1. The first-order valence-electron chi connectivity index (χ1n) is 23.1. The number of thiophene rings is 2. The van der Waals surface area contributed by atoms with E-state index in [9.17, 15) is 0 Å². The Morgan fingerprint density at radius 1 is 0.500 bits per heavy atom. The third kappa shape index (κ3) is 17.2. The van der Waals surface area contributed by atoms with E-state index in [-0.39, 0.29) is 0 Å². The summed E-state index contributed by atoms with van der Waals surface area (Å²) in [6, 6.07) is 9.61. The fourth-order valence-corrected chi connectivity index (χ4v) is 11.8. The molecule has 0 N–H and O–H groups in total. The Balaban J connectivity index is 1.19. The van der Waals surface area contributed by atoms with Crippen molar-refractivity contribution in [1.29, 1.82) is 0 Å². The molecule has 1 atom stereocenters. The first-order valence-corrected chi connectivity index (χ1v) is 26.3. The summed E-state index contributed by atoms with van der Waals surface area (Å²) in [6.07, 6.45) is 45.1. The van der Waals surface area contributed by atoms with E-state index in [1.165, 1.54) is 222 Å². The van der Waals surface area contributed by atoms with E-state index in [2.05, 4.69) is 85.6 Å². The van der Waals surface area contributed by atoms with E-state index < -0.39 is 0 Å². The van der Waals surface area contributed by atoms with Gasteiger partial charge in [-0.1, -0.05) is 194 Å². The summed E-state index contributed by atoms with van der Waals surface area (Å²) in [7, 11) is 0. The number of rotatable bonds is 34. The molecule has 0 aliphatic carbocycles. The van der Waals surface area contributed by atoms with Crippen molar-refractivity contribution in [2.45, 2.75) is 226 Å². The Hall–Kier alpha value is -0.400. The van der Waals surface area contributed by atoms with Crippen LogP contribution >= 0.6 is 54.5 Å². The molecule has 4 rings (SSSR count). The molecule has 0 spiro atoms. The number of hydrogen-bond acceptors (Lipinski definition) is 3. The monoisotopic (exact) mass is 904 g/mol. The molecule has 0 saturated heterocycles. The molecular weight excluding hydrogens is 828 g/mol. The number of halogens is 2. The predicted molar refractivity (Wildman–Crippen MR) is 250 cm³/mol. The molecule has 6 heteroatoms. The lowest BCUT2D eigenvalue weighted by Crippen LogP contribution is -2.24. The number of hydrogen-bond donors (Lipinski definition) is 0. The molecule has 3 aromatic heterocycles. The van der Waals surface area contributed by atoms with Crippen molar-refractivity contribution in [2.75, 3.05) is 6.54 Å². The first-order chi connectivity index (χ1) is 26.6. The lowest BCUT2D eigenvalue weighted by molar-refractivity contribution is 0.239. The van der Waals surface area contributed by atoms with Gasteiger partial charge >= 0.3 is 0 Å². The van der Waals surface area contributed by atoms with Crippen LogP contribution in [-0.2, 0) is 13.1 Å². The maximum absolute atomic E-state index is 3.80. The lowest BCUT2D eigenvalue weighted by Gasteiger charge is -2.25. The molecule has 1 unspecified atom stereocenters. The average molecular weight is 907 g/mol. The molecular formula is C48H78Br2N2S2. The van der Waals surface area contributed by atoms with Gasteiger partial charge in [-0.15, -0.1) is 22.7 Å². The predicted octanol–water partition coefficient (Wildman–Crippen LogP) is 18.5. The smallest absolute Gasteiger partial charge is 0.0717 e. The number of aryl methyl sites for hydroxylation is 1. The minimum atomic E-state index is 0.382. The SMILES string of the molecule is CCCCCCCCCCCCCCCCCN1Cc2c(cn(CCCCCCCCCCCCCCCCC)c2-c2ccc(Br)s2)C1c1ccc(Br)s1. The van der Waals surface area contributed by atoms with Gasteiger partial charge in [-0.2, -0.15) is 0 Å². The molecule has 2 nitrogen and oxygen atoms in total. The van der Waals surface area contributed by atoms with Gasteiger partial charge in [-0.05, 0) is 86.6 Å². The van der Waals surface area contributed by atoms with Crippen molar-refractivity contribution in [2.24, 2.45) is 0 Å². The van der Waals surface area contributed by atoms with Gasteiger partial charge in [0.15, 0.2) is 0 Å². The lowest BCUT2D eigenvalue weighted by atomic mass is 10.0. The van der Waals surface area contributed by atoms with Crippen LogP contribution in [-0.4, -0.2) is 16.0 Å². The summed E-state index contributed by atoms with van der Waals surface area (Å²) in [5.41, 5.74) is 4.64. The van der Waals surface area contributed by atoms with Gasteiger partial charge in [0.05, 0.1) is 24.2 Å². The highest BCUT2D eigenvalue weighted by molar-refractivity contribution is 9.11. The van der Waals surface area contributed by atoms with Gasteiger partial charge in [0.2, 0.25) is 0 Å². The fourth-order valence-electron chi connectivity index (χ4n) is 8.78. The molecule has 1 aliphatic heterocycles. The summed E-state index contributed by atoms with van der Waals surface area (Å²) in [6.45, 7) is 8.02. The van der Waals surface area contributed by atoms with Crippen LogP contribution in [0, 0.1) is 0 Å². The Morgan fingerprint density at radius 2 is 0.907 bits per heavy atom. The molecule has 0 aromatic carbocycles. The van der Waals surface area contributed by atoms with Crippen LogP contribution in [0.4, 0.5) is 0 Å². The van der Waals surface area contributed by atoms with Crippen LogP contribution in [0.25, 0.3) is 10.6 Å². The van der Waals surface area contributed by atoms with E-state index in [0.29, 0.717) is 6.04 Å². The van der Waals surface area contributed by atoms with Gasteiger partial charge < -0.3 is 4.57 Å². The van der Waals surface area contributed by atoms with E-state index in [0.717, 1.165) is 13.1 Å². The normalized spacial score (nSPS) is 14.5. The van der Waals surface area contributed by atoms with Crippen LogP contribution in [0.3, 0.4) is 0 Å². The highest BCUT2D eigenvalue weighted by atomic mass is 79.9. The summed E-state index contributed by atoms with van der Waals surface area (Å²) in [4.78, 5) is 5.71. The van der Waals surface area contributed by atoms with Crippen molar-refractivity contribution in [3.8, 4) is 10.6 Å². The minimum absolute atomic E-state index is 0.382. The van der Waals surface area contributed by atoms with Crippen molar-refractivity contribution in [3.63, 3.8) is 0 Å². The average Bonchev–Trinajstić information content (AvgIpc) is 3.95. The topological polar surface area (TPSA) is 8.17 Å². The van der Waals surface area contributed by atoms with Gasteiger partial charge in [-0.25, -0.2) is 0 Å². The van der Waals surface area contributed by atoms with Crippen LogP contribution in [0.15, 0.2) is 38.0 Å². The van der Waals surface area contributed by atoms with Crippen LogP contribution in [0.5, 0.6) is 0 Å². The molecule has 0 fully saturated rings. The molecule has 1 aliphatic rings. The highest BCUT2D eigenvalue weighted by Gasteiger charge is 2.36. The maximum Gasteiger partial charge on any atom is 0.0717 e. The summed E-state index contributed by atoms with van der Waals surface area (Å²) in [5.74, 6) is 0. The van der Waals surface area contributed by atoms with Crippen LogP contribution in [0.2, 0.25) is 0 Å². The summed E-state index contributed by atoms with van der Waals surface area (Å²) >= 11 is 11.4. The van der Waals surface area contributed by atoms with Gasteiger partial charge in [0.1, 0.15) is 0 Å². The second kappa shape index (κ2) is 28.9. The summed E-state index contributed by atoms with van der Waals surface area (Å²) in [5, 5.41) is 0. The number of nitrogens with zero attached hydrogens (tertiary/aromatic N) is 2. The van der Waals surface area contributed by atoms with Gasteiger partial charge in [0, 0.05) is 24.2 Å². The van der Waals surface area contributed by atoms with Crippen LogP contribution in [0.1, 0.15) is 229 Å². The minimum Gasteiger partial charge on any atom is -0.346 e. The second-order valence-electron chi connectivity index (χ2n) is 16.6.